The Morgan fingerprint density at radius 3 is 2.18 bits per heavy atom. The number of hydrogen-bond donors (Lipinski definition) is 0. The van der Waals surface area contributed by atoms with Gasteiger partial charge in [0.2, 0.25) is 10.0 Å². The van der Waals surface area contributed by atoms with Gasteiger partial charge in [-0.05, 0) is 44.0 Å². The molecule has 0 saturated carbocycles. The number of anilines is 1. The van der Waals surface area contributed by atoms with E-state index in [1.807, 2.05) is 10.3 Å². The van der Waals surface area contributed by atoms with E-state index in [9.17, 15) is 21.6 Å². The van der Waals surface area contributed by atoms with Gasteiger partial charge in [0.15, 0.2) is 5.13 Å². The number of halogens is 3. The van der Waals surface area contributed by atoms with Gasteiger partial charge in [-0.25, -0.2) is 13.4 Å². The molecule has 0 radical (unpaired) electrons. The minimum atomic E-state index is -4.74. The maximum Gasteiger partial charge on any atom is 0.417 e. The van der Waals surface area contributed by atoms with Crippen LogP contribution in [0.2, 0.25) is 0 Å². The number of benzene rings is 2. The van der Waals surface area contributed by atoms with Crippen LogP contribution in [-0.4, -0.2) is 43.9 Å². The molecule has 1 saturated heterocycles. The summed E-state index contributed by atoms with van der Waals surface area (Å²) >= 11 is 1.48. The van der Waals surface area contributed by atoms with Crippen molar-refractivity contribution in [2.24, 2.45) is 0 Å². The lowest BCUT2D eigenvalue weighted by atomic mass is 9.98. The molecule has 0 amide bonds. The standard InChI is InChI=1S/C23H24F3N3O2S2/c1-15-12-16(2)21(17(3)13-15)19-14-32-22(27-19)28-8-10-29(11-9-28)33(30,31)20-7-5-4-6-18(20)23(24,25)26/h4-7,12-14H,8-11H2,1-3H3. The van der Waals surface area contributed by atoms with E-state index in [0.717, 1.165) is 44.0 Å². The zero-order valence-electron chi connectivity index (χ0n) is 18.5. The largest absolute Gasteiger partial charge is 0.417 e. The summed E-state index contributed by atoms with van der Waals surface area (Å²) in [5, 5.41) is 2.76. The molecule has 2 aromatic carbocycles. The third kappa shape index (κ3) is 4.64. The van der Waals surface area contributed by atoms with Crippen LogP contribution < -0.4 is 4.90 Å². The van der Waals surface area contributed by atoms with Crippen molar-refractivity contribution in [3.8, 4) is 11.3 Å². The highest BCUT2D eigenvalue weighted by atomic mass is 32.2. The Kier molecular flexibility index (Phi) is 6.28. The fourth-order valence-corrected chi connectivity index (χ4v) is 6.80. The minimum absolute atomic E-state index is 0.0893. The van der Waals surface area contributed by atoms with Gasteiger partial charge in [0.1, 0.15) is 0 Å². The maximum atomic E-state index is 13.4. The van der Waals surface area contributed by atoms with Crippen molar-refractivity contribution in [3.63, 3.8) is 0 Å². The van der Waals surface area contributed by atoms with Gasteiger partial charge in [0, 0.05) is 37.1 Å². The molecule has 33 heavy (non-hydrogen) atoms. The topological polar surface area (TPSA) is 53.5 Å². The van der Waals surface area contributed by atoms with Crippen LogP contribution in [0, 0.1) is 20.8 Å². The van der Waals surface area contributed by atoms with Crippen LogP contribution in [0.5, 0.6) is 0 Å². The number of sulfonamides is 1. The first-order valence-corrected chi connectivity index (χ1v) is 12.8. The number of hydrogen-bond acceptors (Lipinski definition) is 5. The van der Waals surface area contributed by atoms with Crippen molar-refractivity contribution >= 4 is 26.5 Å². The van der Waals surface area contributed by atoms with E-state index < -0.39 is 26.7 Å². The van der Waals surface area contributed by atoms with Gasteiger partial charge in [-0.1, -0.05) is 29.8 Å². The summed E-state index contributed by atoms with van der Waals surface area (Å²) in [5.41, 5.74) is 4.30. The number of piperazine rings is 1. The average Bonchev–Trinajstić information content (AvgIpc) is 3.22. The van der Waals surface area contributed by atoms with E-state index in [2.05, 4.69) is 32.9 Å². The van der Waals surface area contributed by atoms with Crippen molar-refractivity contribution in [2.75, 3.05) is 31.1 Å². The number of thiazole rings is 1. The van der Waals surface area contributed by atoms with Crippen LogP contribution in [-0.2, 0) is 16.2 Å². The molecule has 0 spiro atoms. The maximum absolute atomic E-state index is 13.4. The molecule has 10 heteroatoms. The molecule has 2 heterocycles. The van der Waals surface area contributed by atoms with E-state index in [0.29, 0.717) is 13.1 Å². The number of aryl methyl sites for hydroxylation is 3. The zero-order chi connectivity index (χ0) is 24.0. The molecular weight excluding hydrogens is 471 g/mol. The van der Waals surface area contributed by atoms with Crippen molar-refractivity contribution in [3.05, 3.63) is 64.0 Å². The van der Waals surface area contributed by atoms with Gasteiger partial charge in [0.05, 0.1) is 16.2 Å². The second kappa shape index (κ2) is 8.73. The molecule has 176 valence electrons. The van der Waals surface area contributed by atoms with Crippen molar-refractivity contribution < 1.29 is 21.6 Å². The lowest BCUT2D eigenvalue weighted by molar-refractivity contribution is -0.139. The quantitative estimate of drug-likeness (QED) is 0.495. The molecule has 1 aliphatic rings. The van der Waals surface area contributed by atoms with Crippen LogP contribution in [0.15, 0.2) is 46.7 Å². The summed E-state index contributed by atoms with van der Waals surface area (Å²) in [6, 6.07) is 8.55. The van der Waals surface area contributed by atoms with E-state index in [4.69, 9.17) is 4.98 Å². The summed E-state index contributed by atoms with van der Waals surface area (Å²) in [6.07, 6.45) is -4.74. The lowest BCUT2D eigenvalue weighted by Crippen LogP contribution is -2.48. The zero-order valence-corrected chi connectivity index (χ0v) is 20.1. The second-order valence-corrected chi connectivity index (χ2v) is 10.9. The molecule has 0 atom stereocenters. The average molecular weight is 496 g/mol. The van der Waals surface area contributed by atoms with Gasteiger partial charge in [0.25, 0.3) is 0 Å². The monoisotopic (exact) mass is 495 g/mol. The van der Waals surface area contributed by atoms with Gasteiger partial charge < -0.3 is 4.90 Å². The molecule has 1 aliphatic heterocycles. The molecule has 0 unspecified atom stereocenters. The molecule has 0 aliphatic carbocycles. The summed E-state index contributed by atoms with van der Waals surface area (Å²) < 4.78 is 67.1. The lowest BCUT2D eigenvalue weighted by Gasteiger charge is -2.34. The Bertz CT molecular complexity index is 1260. The van der Waals surface area contributed by atoms with Crippen molar-refractivity contribution in [2.45, 2.75) is 31.8 Å². The molecule has 0 N–H and O–H groups in total. The first-order valence-electron chi connectivity index (χ1n) is 10.4. The third-order valence-corrected chi connectivity index (χ3v) is 8.60. The van der Waals surface area contributed by atoms with E-state index in [1.54, 1.807) is 0 Å². The van der Waals surface area contributed by atoms with Gasteiger partial charge in [-0.15, -0.1) is 11.3 Å². The predicted molar refractivity (Wildman–Crippen MR) is 124 cm³/mol. The molecule has 4 rings (SSSR count). The number of rotatable bonds is 4. The highest BCUT2D eigenvalue weighted by molar-refractivity contribution is 7.89. The van der Waals surface area contributed by atoms with E-state index >= 15 is 0 Å². The van der Waals surface area contributed by atoms with Crippen LogP contribution in [0.1, 0.15) is 22.3 Å². The molecule has 1 fully saturated rings. The minimum Gasteiger partial charge on any atom is -0.345 e. The first-order chi connectivity index (χ1) is 15.5. The first kappa shape index (κ1) is 23.7. The number of aromatic nitrogens is 1. The Balaban J connectivity index is 1.52. The highest BCUT2D eigenvalue weighted by Gasteiger charge is 2.39. The van der Waals surface area contributed by atoms with E-state index in [-0.39, 0.29) is 13.1 Å². The van der Waals surface area contributed by atoms with Crippen LogP contribution in [0.4, 0.5) is 18.3 Å². The van der Waals surface area contributed by atoms with Gasteiger partial charge >= 0.3 is 6.18 Å². The van der Waals surface area contributed by atoms with Crippen LogP contribution >= 0.6 is 11.3 Å². The fraction of sp³-hybridized carbons (Fsp3) is 0.348. The highest BCUT2D eigenvalue weighted by Crippen LogP contribution is 2.36. The number of alkyl halides is 3. The summed E-state index contributed by atoms with van der Waals surface area (Å²) in [6.45, 7) is 7.04. The van der Waals surface area contributed by atoms with Crippen LogP contribution in [0.3, 0.4) is 0 Å². The van der Waals surface area contributed by atoms with Gasteiger partial charge in [-0.2, -0.15) is 17.5 Å². The fourth-order valence-electron chi connectivity index (χ4n) is 4.29. The molecular formula is C23H24F3N3O2S2. The van der Waals surface area contributed by atoms with Crippen LogP contribution in [0.25, 0.3) is 11.3 Å². The van der Waals surface area contributed by atoms with Crippen molar-refractivity contribution in [1.29, 1.82) is 0 Å². The third-order valence-electron chi connectivity index (χ3n) is 5.74. The summed E-state index contributed by atoms with van der Waals surface area (Å²) in [5.74, 6) is 0. The Labute approximate surface area is 195 Å². The summed E-state index contributed by atoms with van der Waals surface area (Å²) in [4.78, 5) is 6.05. The Morgan fingerprint density at radius 1 is 0.970 bits per heavy atom. The number of nitrogens with zero attached hydrogens (tertiary/aromatic N) is 3. The second-order valence-electron chi connectivity index (χ2n) is 8.17. The normalized spacial score (nSPS) is 15.8. The Morgan fingerprint density at radius 2 is 1.58 bits per heavy atom. The molecule has 5 nitrogen and oxygen atoms in total. The SMILES string of the molecule is Cc1cc(C)c(-c2csc(N3CCN(S(=O)(=O)c4ccccc4C(F)(F)F)CC3)n2)c(C)c1. The molecule has 3 aromatic rings. The van der Waals surface area contributed by atoms with Crippen molar-refractivity contribution in [1.82, 2.24) is 9.29 Å². The molecule has 0 bridgehead atoms. The smallest absolute Gasteiger partial charge is 0.345 e. The Hall–Kier alpha value is -2.43. The van der Waals surface area contributed by atoms with E-state index in [1.165, 1.54) is 29.0 Å². The molecule has 1 aromatic heterocycles. The summed E-state index contributed by atoms with van der Waals surface area (Å²) in [7, 11) is -4.26. The predicted octanol–water partition coefficient (Wildman–Crippen LogP) is 5.27. The van der Waals surface area contributed by atoms with Gasteiger partial charge in [-0.3, -0.25) is 0 Å².